The summed E-state index contributed by atoms with van der Waals surface area (Å²) in [4.78, 5) is 0.364. The highest BCUT2D eigenvalue weighted by molar-refractivity contribution is 7.89. The molecule has 20 heavy (non-hydrogen) atoms. The van der Waals surface area contributed by atoms with Gasteiger partial charge in [0, 0.05) is 26.2 Å². The Kier molecular flexibility index (Phi) is 3.58. The molecule has 5 nitrogen and oxygen atoms in total. The van der Waals surface area contributed by atoms with E-state index in [1.165, 1.54) is 9.87 Å². The van der Waals surface area contributed by atoms with Crippen LogP contribution in [0.5, 0.6) is 0 Å². The quantitative estimate of drug-likeness (QED) is 0.842. The summed E-state index contributed by atoms with van der Waals surface area (Å²) in [5.74, 6) is -0.0189. The molecule has 110 valence electrons. The number of rotatable bonds is 2. The third-order valence-electron chi connectivity index (χ3n) is 4.27. The van der Waals surface area contributed by atoms with Gasteiger partial charge >= 0.3 is 0 Å². The van der Waals surface area contributed by atoms with Crippen LogP contribution in [-0.4, -0.2) is 37.0 Å². The van der Waals surface area contributed by atoms with Crippen LogP contribution in [0, 0.1) is 5.92 Å². The molecule has 2 aliphatic heterocycles. The monoisotopic (exact) mass is 296 g/mol. The predicted molar refractivity (Wildman–Crippen MR) is 75.5 cm³/mol. The van der Waals surface area contributed by atoms with E-state index in [1.54, 1.807) is 12.1 Å². The Balaban J connectivity index is 1.88. The number of aliphatic hydroxyl groups excluding tert-OH is 1. The number of aliphatic hydroxyl groups is 1. The molecule has 0 radical (unpaired) electrons. The molecule has 0 bridgehead atoms. The maximum absolute atomic E-state index is 12.7. The van der Waals surface area contributed by atoms with E-state index in [9.17, 15) is 13.5 Å². The first-order valence-electron chi connectivity index (χ1n) is 6.99. The van der Waals surface area contributed by atoms with Gasteiger partial charge in [0.2, 0.25) is 10.0 Å². The highest BCUT2D eigenvalue weighted by Crippen LogP contribution is 2.26. The van der Waals surface area contributed by atoms with Crippen molar-refractivity contribution in [3.8, 4) is 0 Å². The molecule has 1 fully saturated rings. The topological polar surface area (TPSA) is 69.6 Å². The van der Waals surface area contributed by atoms with Crippen LogP contribution >= 0.6 is 0 Å². The minimum atomic E-state index is -3.45. The smallest absolute Gasteiger partial charge is 0.243 e. The lowest BCUT2D eigenvalue weighted by molar-refractivity contribution is 0.0628. The number of hydrogen-bond acceptors (Lipinski definition) is 4. The van der Waals surface area contributed by atoms with Crippen LogP contribution < -0.4 is 5.32 Å². The maximum atomic E-state index is 12.7. The zero-order chi connectivity index (χ0) is 14.3. The van der Waals surface area contributed by atoms with Crippen molar-refractivity contribution in [1.82, 2.24) is 9.62 Å². The fourth-order valence-corrected chi connectivity index (χ4v) is 4.50. The van der Waals surface area contributed by atoms with E-state index in [4.69, 9.17) is 0 Å². The van der Waals surface area contributed by atoms with Gasteiger partial charge in [-0.1, -0.05) is 13.0 Å². The van der Waals surface area contributed by atoms with Crippen LogP contribution in [0.4, 0.5) is 0 Å². The number of nitrogens with one attached hydrogen (secondary N) is 1. The highest BCUT2D eigenvalue weighted by Gasteiger charge is 2.33. The van der Waals surface area contributed by atoms with Gasteiger partial charge in [-0.15, -0.1) is 0 Å². The largest absolute Gasteiger partial charge is 0.393 e. The number of sulfonamides is 1. The van der Waals surface area contributed by atoms with Gasteiger partial charge in [0.1, 0.15) is 0 Å². The normalized spacial score (nSPS) is 27.5. The van der Waals surface area contributed by atoms with Crippen molar-refractivity contribution in [3.05, 3.63) is 29.3 Å². The summed E-state index contributed by atoms with van der Waals surface area (Å²) >= 11 is 0. The summed E-state index contributed by atoms with van der Waals surface area (Å²) in [7, 11) is -3.45. The SMILES string of the molecule is CC1CN(S(=O)(=O)c2ccc3c(c2)CNC3)CCC1O. The maximum Gasteiger partial charge on any atom is 0.243 e. The summed E-state index contributed by atoms with van der Waals surface area (Å²) in [6.07, 6.45) is 0.109. The molecule has 1 saturated heterocycles. The van der Waals surface area contributed by atoms with Crippen LogP contribution in [0.25, 0.3) is 0 Å². The Bertz CT molecular complexity index is 615. The number of benzene rings is 1. The van der Waals surface area contributed by atoms with Gasteiger partial charge in [-0.25, -0.2) is 8.42 Å². The Morgan fingerprint density at radius 2 is 2.05 bits per heavy atom. The van der Waals surface area contributed by atoms with E-state index in [1.807, 2.05) is 13.0 Å². The molecule has 1 aromatic carbocycles. The third-order valence-corrected chi connectivity index (χ3v) is 6.13. The van der Waals surface area contributed by atoms with E-state index < -0.39 is 16.1 Å². The van der Waals surface area contributed by atoms with E-state index in [0.717, 1.165) is 18.7 Å². The molecule has 6 heteroatoms. The number of nitrogens with zero attached hydrogens (tertiary/aromatic N) is 1. The van der Waals surface area contributed by atoms with E-state index in [2.05, 4.69) is 5.32 Å². The molecule has 0 amide bonds. The summed E-state index contributed by atoms with van der Waals surface area (Å²) in [6, 6.07) is 5.36. The summed E-state index contributed by atoms with van der Waals surface area (Å²) in [5.41, 5.74) is 2.24. The molecule has 0 saturated carbocycles. The summed E-state index contributed by atoms with van der Waals surface area (Å²) in [6.45, 7) is 4.21. The lowest BCUT2D eigenvalue weighted by atomic mass is 9.99. The van der Waals surface area contributed by atoms with Crippen molar-refractivity contribution in [2.75, 3.05) is 13.1 Å². The molecule has 2 aliphatic rings. The molecule has 0 aromatic heterocycles. The first-order chi connectivity index (χ1) is 9.48. The van der Waals surface area contributed by atoms with Gasteiger partial charge in [0.05, 0.1) is 11.0 Å². The zero-order valence-electron chi connectivity index (χ0n) is 11.5. The minimum Gasteiger partial charge on any atom is -0.393 e. The number of piperidine rings is 1. The lowest BCUT2D eigenvalue weighted by Gasteiger charge is -2.33. The van der Waals surface area contributed by atoms with Crippen molar-refractivity contribution >= 4 is 10.0 Å². The Labute approximate surface area is 119 Å². The van der Waals surface area contributed by atoms with Gasteiger partial charge in [-0.05, 0) is 35.6 Å². The van der Waals surface area contributed by atoms with Crippen LogP contribution in [0.3, 0.4) is 0 Å². The van der Waals surface area contributed by atoms with Gasteiger partial charge < -0.3 is 10.4 Å². The standard InChI is InChI=1S/C14H20N2O3S/c1-10-9-16(5-4-14(10)17)20(18,19)13-3-2-11-7-15-8-12(11)6-13/h2-3,6,10,14-15,17H,4-5,7-9H2,1H3. The first kappa shape index (κ1) is 14.0. The molecular formula is C14H20N2O3S. The van der Waals surface area contributed by atoms with Crippen LogP contribution in [0.15, 0.2) is 23.1 Å². The predicted octanol–water partition coefficient (Wildman–Crippen LogP) is 0.681. The summed E-state index contributed by atoms with van der Waals surface area (Å²) < 4.78 is 26.8. The van der Waals surface area contributed by atoms with Gasteiger partial charge in [-0.2, -0.15) is 4.31 Å². The van der Waals surface area contributed by atoms with E-state index in [-0.39, 0.29) is 5.92 Å². The molecule has 3 rings (SSSR count). The molecule has 0 spiro atoms. The second kappa shape index (κ2) is 5.11. The van der Waals surface area contributed by atoms with Crippen molar-refractivity contribution in [1.29, 1.82) is 0 Å². The average Bonchev–Trinajstić information content (AvgIpc) is 2.89. The fourth-order valence-electron chi connectivity index (χ4n) is 2.89. The fraction of sp³-hybridized carbons (Fsp3) is 0.571. The second-order valence-electron chi connectivity index (χ2n) is 5.73. The molecule has 2 heterocycles. The number of fused-ring (bicyclic) bond motifs is 1. The van der Waals surface area contributed by atoms with Crippen molar-refractivity contribution in [2.24, 2.45) is 5.92 Å². The molecule has 2 atom stereocenters. The second-order valence-corrected chi connectivity index (χ2v) is 7.67. The zero-order valence-corrected chi connectivity index (χ0v) is 12.4. The lowest BCUT2D eigenvalue weighted by Crippen LogP contribution is -2.44. The molecule has 0 aliphatic carbocycles. The van der Waals surface area contributed by atoms with Crippen LogP contribution in [0.2, 0.25) is 0 Å². The summed E-state index contributed by atoms with van der Waals surface area (Å²) in [5, 5.41) is 12.9. The third kappa shape index (κ3) is 2.37. The van der Waals surface area contributed by atoms with Gasteiger partial charge in [-0.3, -0.25) is 0 Å². The molecule has 1 aromatic rings. The Hall–Kier alpha value is -0.950. The van der Waals surface area contributed by atoms with Gasteiger partial charge in [0.15, 0.2) is 0 Å². The first-order valence-corrected chi connectivity index (χ1v) is 8.43. The van der Waals surface area contributed by atoms with Crippen molar-refractivity contribution < 1.29 is 13.5 Å². The Morgan fingerprint density at radius 1 is 1.30 bits per heavy atom. The van der Waals surface area contributed by atoms with Gasteiger partial charge in [0.25, 0.3) is 0 Å². The highest BCUT2D eigenvalue weighted by atomic mass is 32.2. The van der Waals surface area contributed by atoms with E-state index >= 15 is 0 Å². The molecule has 2 N–H and O–H groups in total. The minimum absolute atomic E-state index is 0.0189. The van der Waals surface area contributed by atoms with Crippen molar-refractivity contribution in [2.45, 2.75) is 37.4 Å². The Morgan fingerprint density at radius 3 is 2.80 bits per heavy atom. The van der Waals surface area contributed by atoms with Crippen LogP contribution in [-0.2, 0) is 23.1 Å². The van der Waals surface area contributed by atoms with E-state index in [0.29, 0.717) is 24.4 Å². The van der Waals surface area contributed by atoms with Crippen molar-refractivity contribution in [3.63, 3.8) is 0 Å². The average molecular weight is 296 g/mol. The molecule has 2 unspecified atom stereocenters. The molecular weight excluding hydrogens is 276 g/mol. The number of hydrogen-bond donors (Lipinski definition) is 2. The van der Waals surface area contributed by atoms with Crippen LogP contribution in [0.1, 0.15) is 24.5 Å².